The molecule has 1 saturated heterocycles. The Morgan fingerprint density at radius 3 is 2.46 bits per heavy atom. The van der Waals surface area contributed by atoms with Crippen molar-refractivity contribution in [3.05, 3.63) is 83.3 Å². The predicted molar refractivity (Wildman–Crippen MR) is 133 cm³/mol. The number of rotatable bonds is 6. The number of allylic oxidation sites excluding steroid dienone is 1. The van der Waals surface area contributed by atoms with E-state index in [9.17, 15) is 9.90 Å². The number of nitrogens with zero attached hydrogens (tertiary/aromatic N) is 1. The van der Waals surface area contributed by atoms with Gasteiger partial charge in [-0.1, -0.05) is 61.7 Å². The van der Waals surface area contributed by atoms with Gasteiger partial charge in [0.25, 0.3) is 5.91 Å². The second kappa shape index (κ2) is 11.1. The maximum absolute atomic E-state index is 13.5. The van der Waals surface area contributed by atoms with E-state index in [0.29, 0.717) is 18.8 Å². The van der Waals surface area contributed by atoms with Crippen LogP contribution in [-0.4, -0.2) is 35.3 Å². The highest BCUT2D eigenvalue weighted by Crippen LogP contribution is 2.37. The number of aliphatic hydroxyl groups excluding tert-OH is 1. The Labute approximate surface area is 206 Å². The van der Waals surface area contributed by atoms with Crippen molar-refractivity contribution in [2.75, 3.05) is 13.1 Å². The first kappa shape index (κ1) is 23.6. The van der Waals surface area contributed by atoms with Crippen LogP contribution in [0.15, 0.2) is 71.0 Å². The fourth-order valence-corrected chi connectivity index (χ4v) is 4.95. The highest BCUT2D eigenvalue weighted by Gasteiger charge is 2.32. The number of benzene rings is 2. The summed E-state index contributed by atoms with van der Waals surface area (Å²) in [5.74, 6) is 0.265. The van der Waals surface area contributed by atoms with Gasteiger partial charge in [0.05, 0.1) is 19.5 Å². The van der Waals surface area contributed by atoms with E-state index in [4.69, 9.17) is 13.9 Å². The van der Waals surface area contributed by atoms with E-state index in [2.05, 4.69) is 6.07 Å². The van der Waals surface area contributed by atoms with E-state index in [1.165, 1.54) is 6.42 Å². The number of carbonyl (C=O) groups excluding carboxylic acids is 1. The van der Waals surface area contributed by atoms with Crippen LogP contribution in [-0.2, 0) is 27.5 Å². The molecule has 184 valence electrons. The van der Waals surface area contributed by atoms with Gasteiger partial charge in [-0.05, 0) is 36.1 Å². The summed E-state index contributed by atoms with van der Waals surface area (Å²) < 4.78 is 18.1. The average Bonchev–Trinajstić information content (AvgIpc) is 3.31. The van der Waals surface area contributed by atoms with Gasteiger partial charge in [-0.3, -0.25) is 4.79 Å². The van der Waals surface area contributed by atoms with E-state index in [1.807, 2.05) is 53.4 Å². The molecule has 3 aromatic rings. The molecular formula is C29H33NO5. The molecule has 1 amide bonds. The van der Waals surface area contributed by atoms with Gasteiger partial charge in [-0.15, -0.1) is 0 Å². The monoisotopic (exact) mass is 475 g/mol. The normalized spacial score (nSPS) is 21.2. The smallest absolute Gasteiger partial charge is 0.288 e. The molecule has 2 aliphatic heterocycles. The minimum Gasteiger partial charge on any atom is -0.464 e. The lowest BCUT2D eigenvalue weighted by Gasteiger charge is -2.32. The minimum atomic E-state index is -0.551. The molecule has 0 radical (unpaired) electrons. The Bertz CT molecular complexity index is 1160. The largest absolute Gasteiger partial charge is 0.464 e. The molecule has 6 nitrogen and oxygen atoms in total. The number of fused-ring (bicyclic) bond motifs is 1. The first-order chi connectivity index (χ1) is 17.2. The number of aliphatic hydroxyl groups is 1. The van der Waals surface area contributed by atoms with Gasteiger partial charge in [0.1, 0.15) is 5.58 Å². The number of amides is 1. The SMILES string of the molecule is O=C(C1=C[C@H](c2coc3ccccc23)C[C@H](OCc2ccc(CO)cc2)O1)N1CCCCCCC1. The molecule has 1 fully saturated rings. The summed E-state index contributed by atoms with van der Waals surface area (Å²) in [6.45, 7) is 1.91. The first-order valence-electron chi connectivity index (χ1n) is 12.7. The number of hydrogen-bond acceptors (Lipinski definition) is 5. The third-order valence-electron chi connectivity index (χ3n) is 6.96. The number of ether oxygens (including phenoxy) is 2. The quantitative estimate of drug-likeness (QED) is 0.499. The van der Waals surface area contributed by atoms with Crippen molar-refractivity contribution in [2.24, 2.45) is 0 Å². The minimum absolute atomic E-state index is 0.0139. The highest BCUT2D eigenvalue weighted by molar-refractivity contribution is 5.92. The van der Waals surface area contributed by atoms with Crippen LogP contribution in [0.4, 0.5) is 0 Å². The zero-order valence-electron chi connectivity index (χ0n) is 20.0. The molecule has 0 saturated carbocycles. The zero-order chi connectivity index (χ0) is 24.0. The van der Waals surface area contributed by atoms with Gasteiger partial charge < -0.3 is 23.9 Å². The second-order valence-electron chi connectivity index (χ2n) is 9.45. The molecule has 1 N–H and O–H groups in total. The van der Waals surface area contributed by atoms with Crippen LogP contribution in [0.25, 0.3) is 11.0 Å². The Kier molecular flexibility index (Phi) is 7.50. The predicted octanol–water partition coefficient (Wildman–Crippen LogP) is 5.65. The maximum atomic E-state index is 13.5. The molecule has 2 aliphatic rings. The number of para-hydroxylation sites is 1. The van der Waals surface area contributed by atoms with Crippen LogP contribution >= 0.6 is 0 Å². The van der Waals surface area contributed by atoms with Crippen molar-refractivity contribution in [1.29, 1.82) is 0 Å². The number of likely N-dealkylation sites (tertiary alicyclic amines) is 1. The fourth-order valence-electron chi connectivity index (χ4n) is 4.95. The third-order valence-corrected chi connectivity index (χ3v) is 6.96. The lowest BCUT2D eigenvalue weighted by molar-refractivity contribution is -0.156. The van der Waals surface area contributed by atoms with Crippen molar-refractivity contribution in [3.8, 4) is 0 Å². The maximum Gasteiger partial charge on any atom is 0.288 e. The van der Waals surface area contributed by atoms with Crippen LogP contribution in [0.5, 0.6) is 0 Å². The van der Waals surface area contributed by atoms with E-state index in [1.54, 1.807) is 6.26 Å². The summed E-state index contributed by atoms with van der Waals surface area (Å²) >= 11 is 0. The van der Waals surface area contributed by atoms with Gasteiger partial charge in [0.15, 0.2) is 5.76 Å². The molecule has 2 aromatic carbocycles. The van der Waals surface area contributed by atoms with Crippen molar-refractivity contribution in [3.63, 3.8) is 0 Å². The zero-order valence-corrected chi connectivity index (χ0v) is 20.0. The van der Waals surface area contributed by atoms with Gasteiger partial charge in [0.2, 0.25) is 6.29 Å². The molecule has 2 atom stereocenters. The van der Waals surface area contributed by atoms with Gasteiger partial charge >= 0.3 is 0 Å². The Morgan fingerprint density at radius 2 is 1.69 bits per heavy atom. The Morgan fingerprint density at radius 1 is 0.971 bits per heavy atom. The topological polar surface area (TPSA) is 72.1 Å². The van der Waals surface area contributed by atoms with Crippen molar-refractivity contribution < 1.29 is 23.8 Å². The van der Waals surface area contributed by atoms with E-state index in [0.717, 1.165) is 66.4 Å². The summed E-state index contributed by atoms with van der Waals surface area (Å²) in [5.41, 5.74) is 3.73. The van der Waals surface area contributed by atoms with E-state index < -0.39 is 6.29 Å². The molecule has 3 heterocycles. The summed E-state index contributed by atoms with van der Waals surface area (Å²) in [6, 6.07) is 15.6. The molecule has 0 spiro atoms. The fraction of sp³-hybridized carbons (Fsp3) is 0.414. The summed E-state index contributed by atoms with van der Waals surface area (Å²) in [5, 5.41) is 10.3. The molecule has 0 unspecified atom stereocenters. The molecule has 35 heavy (non-hydrogen) atoms. The van der Waals surface area contributed by atoms with E-state index in [-0.39, 0.29) is 18.4 Å². The lowest BCUT2D eigenvalue weighted by atomic mass is 9.92. The second-order valence-corrected chi connectivity index (χ2v) is 9.45. The number of hydrogen-bond donors (Lipinski definition) is 1. The molecule has 5 rings (SSSR count). The van der Waals surface area contributed by atoms with Crippen LogP contribution in [0.2, 0.25) is 0 Å². The standard InChI is InChI=1S/C29H33NO5/c31-18-21-10-12-22(13-11-21)19-34-28-17-23(25-20-33-26-9-5-4-8-24(25)26)16-27(35-28)29(32)30-14-6-2-1-3-7-15-30/h4-5,8-13,16,20,23,28,31H,1-3,6-7,14-15,17-19H2/t23-,28+/m0/s1. The van der Waals surface area contributed by atoms with Gasteiger partial charge in [0, 0.05) is 36.4 Å². The lowest BCUT2D eigenvalue weighted by Crippen LogP contribution is -2.38. The molecule has 6 heteroatoms. The average molecular weight is 476 g/mol. The van der Waals surface area contributed by atoms with Crippen LogP contribution < -0.4 is 0 Å². The summed E-state index contributed by atoms with van der Waals surface area (Å²) in [7, 11) is 0. The Hall–Kier alpha value is -3.09. The van der Waals surface area contributed by atoms with Crippen molar-refractivity contribution >= 4 is 16.9 Å². The molecule has 0 aliphatic carbocycles. The van der Waals surface area contributed by atoms with Crippen LogP contribution in [0.1, 0.15) is 61.1 Å². The molecule has 0 bridgehead atoms. The third kappa shape index (κ3) is 5.60. The van der Waals surface area contributed by atoms with Crippen LogP contribution in [0.3, 0.4) is 0 Å². The van der Waals surface area contributed by atoms with Gasteiger partial charge in [-0.2, -0.15) is 0 Å². The van der Waals surface area contributed by atoms with Gasteiger partial charge in [-0.25, -0.2) is 0 Å². The van der Waals surface area contributed by atoms with Crippen LogP contribution in [0, 0.1) is 0 Å². The first-order valence-corrected chi connectivity index (χ1v) is 12.7. The number of furan rings is 1. The van der Waals surface area contributed by atoms with Crippen molar-refractivity contribution in [1.82, 2.24) is 4.90 Å². The highest BCUT2D eigenvalue weighted by atomic mass is 16.7. The molecule has 1 aromatic heterocycles. The van der Waals surface area contributed by atoms with E-state index >= 15 is 0 Å². The Balaban J connectivity index is 1.38. The molecular weight excluding hydrogens is 442 g/mol. The summed E-state index contributed by atoms with van der Waals surface area (Å²) in [6.07, 6.45) is 9.40. The number of carbonyl (C=O) groups is 1. The summed E-state index contributed by atoms with van der Waals surface area (Å²) in [4.78, 5) is 15.5. The van der Waals surface area contributed by atoms with Crippen molar-refractivity contribution in [2.45, 2.75) is 63.9 Å².